The molecule has 0 radical (unpaired) electrons. The molecule has 2 heterocycles. The first-order valence-electron chi connectivity index (χ1n) is 7.15. The Hall–Kier alpha value is -1.32. The monoisotopic (exact) mass is 263 g/mol. The summed E-state index contributed by atoms with van der Waals surface area (Å²) >= 11 is 0. The van der Waals surface area contributed by atoms with Gasteiger partial charge in [-0.1, -0.05) is 12.8 Å². The summed E-state index contributed by atoms with van der Waals surface area (Å²) in [5, 5.41) is 9.63. The van der Waals surface area contributed by atoms with Crippen molar-refractivity contribution in [3.05, 3.63) is 11.3 Å². The topological polar surface area (TPSA) is 57.6 Å². The van der Waals surface area contributed by atoms with E-state index in [1.807, 2.05) is 0 Å². The van der Waals surface area contributed by atoms with Gasteiger partial charge in [-0.05, 0) is 45.4 Å². The number of amides is 1. The van der Waals surface area contributed by atoms with Crippen LogP contribution in [-0.2, 0) is 9.59 Å². The molecule has 0 unspecified atom stereocenters. The first-order chi connectivity index (χ1) is 8.87. The quantitative estimate of drug-likeness (QED) is 0.414. The molecular formula is C15H21NO3. The molecule has 0 bridgehead atoms. The highest BCUT2D eigenvalue weighted by atomic mass is 16.3. The third-order valence-electron chi connectivity index (χ3n) is 5.34. The minimum absolute atomic E-state index is 0.0158. The summed E-state index contributed by atoms with van der Waals surface area (Å²) in [4.78, 5) is 26.7. The van der Waals surface area contributed by atoms with E-state index in [9.17, 15) is 14.7 Å². The number of hydrogen-bond donors (Lipinski definition) is 1. The normalized spacial score (nSPS) is 39.3. The molecule has 1 aliphatic carbocycles. The maximum absolute atomic E-state index is 12.5. The molecule has 0 aromatic carbocycles. The maximum atomic E-state index is 12.5. The van der Waals surface area contributed by atoms with Gasteiger partial charge in [0.1, 0.15) is 11.3 Å². The summed E-state index contributed by atoms with van der Waals surface area (Å²) in [5.41, 5.74) is -0.262. The highest BCUT2D eigenvalue weighted by Gasteiger charge is 2.63. The van der Waals surface area contributed by atoms with Gasteiger partial charge in [-0.2, -0.15) is 0 Å². The van der Waals surface area contributed by atoms with Crippen molar-refractivity contribution < 1.29 is 14.7 Å². The van der Waals surface area contributed by atoms with E-state index in [-0.39, 0.29) is 40.5 Å². The molecule has 3 rings (SSSR count). The van der Waals surface area contributed by atoms with Gasteiger partial charge in [-0.15, -0.1) is 0 Å². The van der Waals surface area contributed by atoms with Crippen molar-refractivity contribution >= 4 is 11.7 Å². The zero-order chi connectivity index (χ0) is 13.9. The Morgan fingerprint density at radius 3 is 2.53 bits per heavy atom. The zero-order valence-electron chi connectivity index (χ0n) is 11.8. The third kappa shape index (κ3) is 1.46. The second-order valence-electron chi connectivity index (χ2n) is 6.65. The van der Waals surface area contributed by atoms with Crippen LogP contribution < -0.4 is 0 Å². The van der Waals surface area contributed by atoms with Gasteiger partial charge < -0.3 is 10.0 Å². The molecule has 104 valence electrons. The van der Waals surface area contributed by atoms with Gasteiger partial charge in [-0.3, -0.25) is 9.59 Å². The molecule has 3 atom stereocenters. The molecule has 3 aliphatic rings. The second kappa shape index (κ2) is 3.84. The summed E-state index contributed by atoms with van der Waals surface area (Å²) in [6.07, 6.45) is 4.45. The lowest BCUT2D eigenvalue weighted by molar-refractivity contribution is -0.130. The van der Waals surface area contributed by atoms with Crippen LogP contribution in [0.25, 0.3) is 0 Å². The van der Waals surface area contributed by atoms with Crippen LogP contribution in [0.2, 0.25) is 0 Å². The van der Waals surface area contributed by atoms with E-state index in [1.54, 1.807) is 4.90 Å². The Bertz CT molecular complexity index is 488. The summed E-state index contributed by atoms with van der Waals surface area (Å²) < 4.78 is 0. The summed E-state index contributed by atoms with van der Waals surface area (Å²) in [5.74, 6) is 0.131. The first kappa shape index (κ1) is 12.7. The highest BCUT2D eigenvalue weighted by molar-refractivity contribution is 6.27. The molecule has 0 aromatic rings. The lowest BCUT2D eigenvalue weighted by atomic mass is 9.71. The Kier molecular flexibility index (Phi) is 2.57. The van der Waals surface area contributed by atoms with E-state index in [4.69, 9.17) is 0 Å². The van der Waals surface area contributed by atoms with Gasteiger partial charge in [0.15, 0.2) is 5.78 Å². The Labute approximate surface area is 113 Å². The molecule has 2 saturated heterocycles. The van der Waals surface area contributed by atoms with E-state index in [0.29, 0.717) is 5.92 Å². The van der Waals surface area contributed by atoms with Crippen molar-refractivity contribution in [3.63, 3.8) is 0 Å². The maximum Gasteiger partial charge on any atom is 0.262 e. The molecule has 1 saturated carbocycles. The first-order valence-corrected chi connectivity index (χ1v) is 7.15. The van der Waals surface area contributed by atoms with E-state index >= 15 is 0 Å². The molecule has 2 aliphatic heterocycles. The Morgan fingerprint density at radius 2 is 1.89 bits per heavy atom. The van der Waals surface area contributed by atoms with Gasteiger partial charge in [0.2, 0.25) is 0 Å². The minimum Gasteiger partial charge on any atom is -0.512 e. The number of fused-ring (bicyclic) bond motifs is 3. The van der Waals surface area contributed by atoms with Crippen LogP contribution in [0.3, 0.4) is 0 Å². The van der Waals surface area contributed by atoms with Crippen LogP contribution in [0.4, 0.5) is 0 Å². The third-order valence-corrected chi connectivity index (χ3v) is 5.34. The van der Waals surface area contributed by atoms with Crippen LogP contribution in [0, 0.1) is 11.8 Å². The molecule has 19 heavy (non-hydrogen) atoms. The standard InChI is InChI=1S/C15H21NO3/c1-8(17)11-13(18)12-9-6-4-5-7-10(9)15(2,3)16(12)14(11)19/h9-10,12,17H,4-7H2,1-3H3/b11-8-/t9-,10+,12-/m0/s1. The smallest absolute Gasteiger partial charge is 0.262 e. The fourth-order valence-corrected chi connectivity index (χ4v) is 4.55. The van der Waals surface area contributed by atoms with Crippen molar-refractivity contribution in [2.45, 2.75) is 58.0 Å². The largest absolute Gasteiger partial charge is 0.512 e. The Morgan fingerprint density at radius 1 is 1.26 bits per heavy atom. The van der Waals surface area contributed by atoms with Crippen LogP contribution in [0.15, 0.2) is 11.3 Å². The van der Waals surface area contributed by atoms with Crippen molar-refractivity contribution in [3.8, 4) is 0 Å². The average Bonchev–Trinajstić information content (AvgIpc) is 2.73. The van der Waals surface area contributed by atoms with E-state index in [0.717, 1.165) is 19.3 Å². The highest BCUT2D eigenvalue weighted by Crippen LogP contribution is 2.53. The van der Waals surface area contributed by atoms with Crippen LogP contribution in [-0.4, -0.2) is 33.3 Å². The molecule has 3 fully saturated rings. The number of rotatable bonds is 0. The zero-order valence-corrected chi connectivity index (χ0v) is 11.8. The van der Waals surface area contributed by atoms with Crippen LogP contribution >= 0.6 is 0 Å². The lowest BCUT2D eigenvalue weighted by Crippen LogP contribution is -2.46. The van der Waals surface area contributed by atoms with Gasteiger partial charge in [-0.25, -0.2) is 0 Å². The number of nitrogens with zero attached hydrogens (tertiary/aromatic N) is 1. The second-order valence-corrected chi connectivity index (χ2v) is 6.65. The van der Waals surface area contributed by atoms with Crippen molar-refractivity contribution in [1.29, 1.82) is 0 Å². The van der Waals surface area contributed by atoms with E-state index in [2.05, 4.69) is 13.8 Å². The number of ketones is 1. The van der Waals surface area contributed by atoms with Crippen LogP contribution in [0.1, 0.15) is 46.5 Å². The lowest BCUT2D eigenvalue weighted by Gasteiger charge is -2.37. The minimum atomic E-state index is -0.329. The van der Waals surface area contributed by atoms with Crippen molar-refractivity contribution in [2.24, 2.45) is 11.8 Å². The molecular weight excluding hydrogens is 242 g/mol. The molecule has 4 nitrogen and oxygen atoms in total. The van der Waals surface area contributed by atoms with E-state index < -0.39 is 0 Å². The number of Topliss-reactive ketones (excluding diaryl/α,β-unsaturated/α-hetero) is 1. The van der Waals surface area contributed by atoms with E-state index in [1.165, 1.54) is 13.3 Å². The van der Waals surface area contributed by atoms with Gasteiger partial charge in [0, 0.05) is 5.54 Å². The number of aliphatic hydroxyl groups excluding tert-OH is 1. The number of aliphatic hydroxyl groups is 1. The fraction of sp³-hybridized carbons (Fsp3) is 0.733. The summed E-state index contributed by atoms with van der Waals surface area (Å²) in [6, 6.07) is -0.329. The predicted molar refractivity (Wildman–Crippen MR) is 70.5 cm³/mol. The molecule has 1 amide bonds. The summed E-state index contributed by atoms with van der Waals surface area (Å²) in [6.45, 7) is 5.56. The molecule has 0 aromatic heterocycles. The fourth-order valence-electron chi connectivity index (χ4n) is 4.55. The van der Waals surface area contributed by atoms with Gasteiger partial charge >= 0.3 is 0 Å². The van der Waals surface area contributed by atoms with Gasteiger partial charge in [0.25, 0.3) is 5.91 Å². The van der Waals surface area contributed by atoms with Gasteiger partial charge in [0.05, 0.1) is 6.04 Å². The van der Waals surface area contributed by atoms with Crippen molar-refractivity contribution in [2.75, 3.05) is 0 Å². The number of hydrogen-bond acceptors (Lipinski definition) is 3. The average molecular weight is 263 g/mol. The summed E-state index contributed by atoms with van der Waals surface area (Å²) in [7, 11) is 0. The molecule has 1 N–H and O–H groups in total. The molecule has 4 heteroatoms. The predicted octanol–water partition coefficient (Wildman–Crippen LogP) is 2.20. The number of allylic oxidation sites excluding steroid dienone is 1. The number of carbonyl (C=O) groups excluding carboxylic acids is 2. The number of carbonyl (C=O) groups is 2. The SMILES string of the molecule is C/C(O)=C1\C(=O)[C@@H]2[C@H]3CCCC[C@H]3C(C)(C)N2C1=O. The Balaban J connectivity index is 2.10. The van der Waals surface area contributed by atoms with Crippen LogP contribution in [0.5, 0.6) is 0 Å². The molecule has 0 spiro atoms. The van der Waals surface area contributed by atoms with Crippen molar-refractivity contribution in [1.82, 2.24) is 4.90 Å².